The second kappa shape index (κ2) is 8.36. The normalized spacial score (nSPS) is 27.0. The predicted molar refractivity (Wildman–Crippen MR) is 119 cm³/mol. The van der Waals surface area contributed by atoms with Gasteiger partial charge < -0.3 is 14.9 Å². The number of carboxylic acid groups (broad SMARTS) is 1. The minimum absolute atomic E-state index is 0.0712. The molecule has 5 heteroatoms. The zero-order valence-electron chi connectivity index (χ0n) is 18.0. The summed E-state index contributed by atoms with van der Waals surface area (Å²) in [6.07, 6.45) is 10.3. The maximum Gasteiger partial charge on any atom is 0.335 e. The van der Waals surface area contributed by atoms with Gasteiger partial charge in [-0.3, -0.25) is 0 Å². The molecule has 2 saturated carbocycles. The summed E-state index contributed by atoms with van der Waals surface area (Å²) in [5, 5.41) is 20.4. The van der Waals surface area contributed by atoms with Crippen LogP contribution in [0.25, 0.3) is 0 Å². The van der Waals surface area contributed by atoms with E-state index in [1.54, 1.807) is 24.3 Å². The van der Waals surface area contributed by atoms with Gasteiger partial charge in [0.05, 0.1) is 11.7 Å². The van der Waals surface area contributed by atoms with Crippen molar-refractivity contribution < 1.29 is 24.1 Å². The van der Waals surface area contributed by atoms with E-state index in [0.717, 1.165) is 56.1 Å². The van der Waals surface area contributed by atoms with Crippen molar-refractivity contribution in [3.8, 4) is 5.75 Å². The summed E-state index contributed by atoms with van der Waals surface area (Å²) in [6, 6.07) is 11.7. The van der Waals surface area contributed by atoms with Gasteiger partial charge in [0, 0.05) is 11.3 Å². The number of hydrogen-bond donors (Lipinski definition) is 2. The van der Waals surface area contributed by atoms with Crippen LogP contribution in [0.15, 0.2) is 54.6 Å². The van der Waals surface area contributed by atoms with Gasteiger partial charge in [-0.15, -0.1) is 0 Å². The third-order valence-corrected chi connectivity index (χ3v) is 7.92. The average molecular weight is 437 g/mol. The molecule has 5 rings (SSSR count). The summed E-state index contributed by atoms with van der Waals surface area (Å²) in [5.74, 6) is 0.182. The van der Waals surface area contributed by atoms with Crippen molar-refractivity contribution >= 4 is 5.97 Å². The number of fused-ring (bicyclic) bond motifs is 2. The molecule has 2 N–H and O–H groups in total. The molecule has 168 valence electrons. The fourth-order valence-electron chi connectivity index (χ4n) is 5.86. The van der Waals surface area contributed by atoms with Crippen molar-refractivity contribution in [3.63, 3.8) is 0 Å². The Hall–Kier alpha value is -2.66. The highest BCUT2D eigenvalue weighted by Gasteiger charge is 2.44. The zero-order chi connectivity index (χ0) is 22.3. The van der Waals surface area contributed by atoms with Crippen molar-refractivity contribution in [2.75, 3.05) is 0 Å². The number of carboxylic acids is 1. The molecule has 4 nitrogen and oxygen atoms in total. The lowest BCUT2D eigenvalue weighted by molar-refractivity contribution is 0.0620. The van der Waals surface area contributed by atoms with Gasteiger partial charge in [0.15, 0.2) is 0 Å². The van der Waals surface area contributed by atoms with Crippen molar-refractivity contribution in [2.45, 2.75) is 62.6 Å². The first-order valence-electron chi connectivity index (χ1n) is 11.6. The molecule has 0 spiro atoms. The molecule has 3 aliphatic rings. The number of aromatic carboxylic acids is 1. The standard InChI is InChI=1S/C27H29FO4/c28-21-9-7-20(8-10-21)27(14-1-15-27)25(29)13-6-17-5-12-23-22(17)11-4-18-2-3-19(26(30)31)16-24(18)32-23/h2-3,6-10,13,16-17,22-23,25,29H,1,4-5,11-12,14-15H2,(H,30,31)/b13-6+/t17-,22-,23+,25?/m1/s1. The van der Waals surface area contributed by atoms with Gasteiger partial charge in [0.2, 0.25) is 0 Å². The smallest absolute Gasteiger partial charge is 0.335 e. The Morgan fingerprint density at radius 1 is 1.12 bits per heavy atom. The number of aryl methyl sites for hydroxylation is 1. The molecule has 0 amide bonds. The molecule has 0 radical (unpaired) electrons. The van der Waals surface area contributed by atoms with E-state index < -0.39 is 12.1 Å². The number of aliphatic hydroxyl groups is 1. The Bertz CT molecular complexity index is 1020. The third-order valence-electron chi connectivity index (χ3n) is 7.92. The molecule has 32 heavy (non-hydrogen) atoms. The minimum Gasteiger partial charge on any atom is -0.490 e. The Balaban J connectivity index is 1.30. The Kier molecular flexibility index (Phi) is 5.54. The summed E-state index contributed by atoms with van der Waals surface area (Å²) >= 11 is 0. The molecule has 4 atom stereocenters. The minimum atomic E-state index is -0.940. The lowest BCUT2D eigenvalue weighted by Crippen LogP contribution is -2.44. The number of halogens is 1. The summed E-state index contributed by atoms with van der Waals surface area (Å²) in [7, 11) is 0. The Morgan fingerprint density at radius 3 is 2.59 bits per heavy atom. The average Bonchev–Trinajstić information content (AvgIpc) is 3.03. The number of allylic oxidation sites excluding steroid dienone is 1. The number of hydrogen-bond acceptors (Lipinski definition) is 3. The first-order valence-corrected chi connectivity index (χ1v) is 11.6. The molecule has 0 saturated heterocycles. The van der Waals surface area contributed by atoms with E-state index in [-0.39, 0.29) is 22.9 Å². The molecule has 2 aliphatic carbocycles. The second-order valence-corrected chi connectivity index (χ2v) is 9.57. The van der Waals surface area contributed by atoms with E-state index in [1.165, 1.54) is 12.1 Å². The van der Waals surface area contributed by atoms with Crippen molar-refractivity contribution in [1.82, 2.24) is 0 Å². The highest BCUT2D eigenvalue weighted by atomic mass is 19.1. The number of rotatable bonds is 5. The van der Waals surface area contributed by atoms with Crippen LogP contribution in [0.5, 0.6) is 5.75 Å². The summed E-state index contributed by atoms with van der Waals surface area (Å²) in [5.41, 5.74) is 2.02. The highest BCUT2D eigenvalue weighted by molar-refractivity contribution is 5.88. The lowest BCUT2D eigenvalue weighted by atomic mass is 9.61. The largest absolute Gasteiger partial charge is 0.490 e. The van der Waals surface area contributed by atoms with E-state index in [4.69, 9.17) is 4.74 Å². The van der Waals surface area contributed by atoms with Crippen LogP contribution in [-0.2, 0) is 11.8 Å². The molecular formula is C27H29FO4. The van der Waals surface area contributed by atoms with Crippen molar-refractivity contribution in [1.29, 1.82) is 0 Å². The van der Waals surface area contributed by atoms with Crippen LogP contribution in [0.2, 0.25) is 0 Å². The maximum atomic E-state index is 13.4. The van der Waals surface area contributed by atoms with Crippen molar-refractivity contribution in [3.05, 3.63) is 77.1 Å². The zero-order valence-corrected chi connectivity index (χ0v) is 18.0. The topological polar surface area (TPSA) is 66.8 Å². The summed E-state index contributed by atoms with van der Waals surface area (Å²) in [6.45, 7) is 0. The molecule has 2 aromatic carbocycles. The quantitative estimate of drug-likeness (QED) is 0.626. The summed E-state index contributed by atoms with van der Waals surface area (Å²) in [4.78, 5) is 11.3. The molecule has 2 fully saturated rings. The van der Waals surface area contributed by atoms with E-state index in [1.807, 2.05) is 12.1 Å². The van der Waals surface area contributed by atoms with Gasteiger partial charge in [-0.25, -0.2) is 9.18 Å². The number of ether oxygens (including phenoxy) is 1. The number of carbonyl (C=O) groups is 1. The Labute approximate surface area is 187 Å². The van der Waals surface area contributed by atoms with Gasteiger partial charge in [-0.1, -0.05) is 36.8 Å². The van der Waals surface area contributed by atoms with Gasteiger partial charge >= 0.3 is 5.97 Å². The van der Waals surface area contributed by atoms with E-state index >= 15 is 0 Å². The number of aliphatic hydroxyl groups excluding tert-OH is 1. The molecule has 2 aromatic rings. The summed E-state index contributed by atoms with van der Waals surface area (Å²) < 4.78 is 19.7. The lowest BCUT2D eigenvalue weighted by Gasteiger charge is -2.45. The SMILES string of the molecule is O=C(O)c1ccc2c(c1)O[C@H]1CC[C@H](/C=C/C(O)C3(c4ccc(F)cc4)CCC3)[C@H]1CC2. The maximum absolute atomic E-state index is 13.4. The number of benzene rings is 2. The van der Waals surface area contributed by atoms with Gasteiger partial charge in [0.1, 0.15) is 17.7 Å². The molecule has 0 aromatic heterocycles. The van der Waals surface area contributed by atoms with Gasteiger partial charge in [0.25, 0.3) is 0 Å². The second-order valence-electron chi connectivity index (χ2n) is 9.57. The van der Waals surface area contributed by atoms with Crippen molar-refractivity contribution in [2.24, 2.45) is 11.8 Å². The van der Waals surface area contributed by atoms with Crippen LogP contribution in [0.1, 0.15) is 60.0 Å². The fourth-order valence-corrected chi connectivity index (χ4v) is 5.86. The monoisotopic (exact) mass is 436 g/mol. The highest BCUT2D eigenvalue weighted by Crippen LogP contribution is 2.48. The first kappa shape index (κ1) is 21.2. The van der Waals surface area contributed by atoms with Crippen LogP contribution >= 0.6 is 0 Å². The van der Waals surface area contributed by atoms with E-state index in [0.29, 0.717) is 17.6 Å². The van der Waals surface area contributed by atoms with Crippen LogP contribution < -0.4 is 4.74 Å². The van der Waals surface area contributed by atoms with E-state index in [9.17, 15) is 19.4 Å². The van der Waals surface area contributed by atoms with E-state index in [2.05, 4.69) is 6.08 Å². The van der Waals surface area contributed by atoms with Gasteiger partial charge in [-0.05, 0) is 79.8 Å². The molecular weight excluding hydrogens is 407 g/mol. The molecule has 1 unspecified atom stereocenters. The van der Waals surface area contributed by atoms with Crippen LogP contribution in [-0.4, -0.2) is 28.4 Å². The predicted octanol–water partition coefficient (Wildman–Crippen LogP) is 5.28. The van der Waals surface area contributed by atoms with Gasteiger partial charge in [-0.2, -0.15) is 0 Å². The molecule has 1 heterocycles. The fraction of sp³-hybridized carbons (Fsp3) is 0.444. The van der Waals surface area contributed by atoms with Crippen LogP contribution in [0.4, 0.5) is 4.39 Å². The van der Waals surface area contributed by atoms with Crippen LogP contribution in [0, 0.1) is 17.7 Å². The molecule has 0 bridgehead atoms. The van der Waals surface area contributed by atoms with Crippen LogP contribution in [0.3, 0.4) is 0 Å². The molecule has 1 aliphatic heterocycles. The first-order chi connectivity index (χ1) is 15.5. The third kappa shape index (κ3) is 3.73. The Morgan fingerprint density at radius 2 is 1.91 bits per heavy atom.